The molecule has 3 heterocycles. The van der Waals surface area contributed by atoms with E-state index in [4.69, 9.17) is 0 Å². The first-order valence-corrected chi connectivity index (χ1v) is 9.31. The molecule has 0 unspecified atom stereocenters. The Morgan fingerprint density at radius 2 is 1.81 bits per heavy atom. The second-order valence-electron chi connectivity index (χ2n) is 7.45. The fourth-order valence-corrected chi connectivity index (χ4v) is 3.82. The predicted molar refractivity (Wildman–Crippen MR) is 108 cm³/mol. The lowest BCUT2D eigenvalue weighted by atomic mass is 10.1. The van der Waals surface area contributed by atoms with Gasteiger partial charge in [-0.25, -0.2) is 9.97 Å². The van der Waals surface area contributed by atoms with Gasteiger partial charge in [-0.05, 0) is 57.5 Å². The van der Waals surface area contributed by atoms with E-state index in [0.29, 0.717) is 0 Å². The average Bonchev–Trinajstić information content (AvgIpc) is 2.76. The quantitative estimate of drug-likeness (QED) is 0.701. The van der Waals surface area contributed by atoms with Crippen LogP contribution < -0.4 is 0 Å². The highest BCUT2D eigenvalue weighted by Crippen LogP contribution is 2.31. The Kier molecular flexibility index (Phi) is 4.37. The van der Waals surface area contributed by atoms with Gasteiger partial charge in [0.05, 0.1) is 5.52 Å². The average molecular weight is 346 g/mol. The summed E-state index contributed by atoms with van der Waals surface area (Å²) in [4.78, 5) is 11.1. The molecule has 0 amide bonds. The van der Waals surface area contributed by atoms with Crippen LogP contribution in [0.15, 0.2) is 30.6 Å². The number of nitrogens with zero attached hydrogens (tertiary/aromatic N) is 4. The second kappa shape index (κ2) is 6.69. The lowest BCUT2D eigenvalue weighted by Crippen LogP contribution is -2.21. The molecule has 4 heteroatoms. The standard InChI is InChI=1S/C22H26N4/c1-15-5-6-21-20(11-15)19-7-9-25(4)10-8-22(19)26(21)14-16(2)18-12-23-17(3)24-13-18/h5-6,11-14H,7-10H2,1-4H3/b16-14+. The van der Waals surface area contributed by atoms with Crippen LogP contribution in [0.2, 0.25) is 0 Å². The van der Waals surface area contributed by atoms with E-state index in [9.17, 15) is 0 Å². The molecule has 0 atom stereocenters. The number of fused-ring (bicyclic) bond motifs is 3. The highest BCUT2D eigenvalue weighted by molar-refractivity contribution is 5.90. The molecule has 26 heavy (non-hydrogen) atoms. The van der Waals surface area contributed by atoms with Gasteiger partial charge < -0.3 is 9.47 Å². The van der Waals surface area contributed by atoms with Crippen molar-refractivity contribution < 1.29 is 0 Å². The minimum absolute atomic E-state index is 0.806. The molecule has 4 nitrogen and oxygen atoms in total. The molecule has 4 rings (SSSR count). The highest BCUT2D eigenvalue weighted by atomic mass is 15.1. The topological polar surface area (TPSA) is 34.0 Å². The molecule has 1 aromatic carbocycles. The van der Waals surface area contributed by atoms with Crippen LogP contribution in [-0.2, 0) is 12.8 Å². The summed E-state index contributed by atoms with van der Waals surface area (Å²) < 4.78 is 2.40. The van der Waals surface area contributed by atoms with Crippen molar-refractivity contribution in [1.29, 1.82) is 0 Å². The van der Waals surface area contributed by atoms with Crippen LogP contribution in [0.3, 0.4) is 0 Å². The summed E-state index contributed by atoms with van der Waals surface area (Å²) in [6, 6.07) is 6.81. The van der Waals surface area contributed by atoms with E-state index >= 15 is 0 Å². The molecule has 0 saturated heterocycles. The summed E-state index contributed by atoms with van der Waals surface area (Å²) in [5, 5.41) is 1.40. The zero-order valence-electron chi connectivity index (χ0n) is 16.1. The monoisotopic (exact) mass is 346 g/mol. The number of rotatable bonds is 2. The van der Waals surface area contributed by atoms with Crippen molar-refractivity contribution in [2.75, 3.05) is 20.1 Å². The van der Waals surface area contributed by atoms with Crippen LogP contribution in [0.4, 0.5) is 0 Å². The molecule has 1 aliphatic rings. The number of hydrogen-bond donors (Lipinski definition) is 0. The van der Waals surface area contributed by atoms with E-state index in [1.165, 1.54) is 33.3 Å². The maximum atomic E-state index is 4.35. The SMILES string of the molecule is C/C(=C\n1c2c(c3cc(C)ccc31)CCN(C)CC2)c1cnc(C)nc1. The van der Waals surface area contributed by atoms with E-state index in [1.54, 1.807) is 0 Å². The van der Waals surface area contributed by atoms with Crippen molar-refractivity contribution in [2.45, 2.75) is 33.6 Å². The molecular formula is C22H26N4. The van der Waals surface area contributed by atoms with E-state index in [1.807, 2.05) is 19.3 Å². The van der Waals surface area contributed by atoms with Gasteiger partial charge in [-0.1, -0.05) is 11.6 Å². The predicted octanol–water partition coefficient (Wildman–Crippen LogP) is 4.10. The Labute approximate surface area is 155 Å². The molecule has 0 N–H and O–H groups in total. The smallest absolute Gasteiger partial charge is 0.125 e. The zero-order valence-corrected chi connectivity index (χ0v) is 16.1. The summed E-state index contributed by atoms with van der Waals surface area (Å²) in [6.45, 7) is 8.46. The molecule has 2 aromatic heterocycles. The summed E-state index contributed by atoms with van der Waals surface area (Å²) in [5.41, 5.74) is 7.84. The maximum absolute atomic E-state index is 4.35. The highest BCUT2D eigenvalue weighted by Gasteiger charge is 2.20. The zero-order chi connectivity index (χ0) is 18.3. The number of benzene rings is 1. The van der Waals surface area contributed by atoms with Crippen LogP contribution in [-0.4, -0.2) is 39.6 Å². The van der Waals surface area contributed by atoms with Crippen molar-refractivity contribution in [3.05, 3.63) is 58.8 Å². The van der Waals surface area contributed by atoms with Gasteiger partial charge >= 0.3 is 0 Å². The van der Waals surface area contributed by atoms with Gasteiger partial charge in [-0.3, -0.25) is 0 Å². The maximum Gasteiger partial charge on any atom is 0.125 e. The number of aryl methyl sites for hydroxylation is 2. The van der Waals surface area contributed by atoms with Gasteiger partial charge in [0, 0.05) is 54.7 Å². The van der Waals surface area contributed by atoms with Gasteiger partial charge in [0.2, 0.25) is 0 Å². The third-order valence-corrected chi connectivity index (χ3v) is 5.41. The van der Waals surface area contributed by atoms with Gasteiger partial charge in [0.25, 0.3) is 0 Å². The van der Waals surface area contributed by atoms with E-state index in [-0.39, 0.29) is 0 Å². The molecule has 0 fully saturated rings. The van der Waals surface area contributed by atoms with Crippen molar-refractivity contribution >= 4 is 22.7 Å². The third kappa shape index (κ3) is 3.06. The molecule has 0 aliphatic carbocycles. The van der Waals surface area contributed by atoms with Crippen LogP contribution >= 0.6 is 0 Å². The van der Waals surface area contributed by atoms with E-state index < -0.39 is 0 Å². The molecule has 0 spiro atoms. The van der Waals surface area contributed by atoms with Crippen LogP contribution in [0, 0.1) is 13.8 Å². The molecule has 134 valence electrons. The van der Waals surface area contributed by atoms with Crippen LogP contribution in [0.5, 0.6) is 0 Å². The van der Waals surface area contributed by atoms with Crippen LogP contribution in [0.25, 0.3) is 22.7 Å². The Bertz CT molecular complexity index is 980. The summed E-state index contributed by atoms with van der Waals surface area (Å²) in [5.74, 6) is 0.806. The molecule has 3 aromatic rings. The minimum Gasteiger partial charge on any atom is -0.320 e. The Morgan fingerprint density at radius 3 is 2.58 bits per heavy atom. The van der Waals surface area contributed by atoms with Gasteiger partial charge in [-0.2, -0.15) is 0 Å². The van der Waals surface area contributed by atoms with Crippen molar-refractivity contribution in [3.8, 4) is 0 Å². The van der Waals surface area contributed by atoms with Crippen molar-refractivity contribution in [2.24, 2.45) is 0 Å². The van der Waals surface area contributed by atoms with Crippen molar-refractivity contribution in [1.82, 2.24) is 19.4 Å². The molecule has 0 radical (unpaired) electrons. The lowest BCUT2D eigenvalue weighted by Gasteiger charge is -2.13. The van der Waals surface area contributed by atoms with E-state index in [0.717, 1.165) is 37.3 Å². The van der Waals surface area contributed by atoms with Gasteiger partial charge in [0.15, 0.2) is 0 Å². The normalized spacial score (nSPS) is 15.9. The first-order chi connectivity index (χ1) is 12.5. The first-order valence-electron chi connectivity index (χ1n) is 9.31. The first kappa shape index (κ1) is 17.0. The molecular weight excluding hydrogens is 320 g/mol. The van der Waals surface area contributed by atoms with Crippen molar-refractivity contribution in [3.63, 3.8) is 0 Å². The van der Waals surface area contributed by atoms with Crippen LogP contribution in [0.1, 0.15) is 35.1 Å². The van der Waals surface area contributed by atoms with E-state index in [2.05, 4.69) is 64.7 Å². The summed E-state index contributed by atoms with van der Waals surface area (Å²) in [7, 11) is 2.22. The third-order valence-electron chi connectivity index (χ3n) is 5.41. The number of likely N-dealkylation sites (N-methyl/N-ethyl adjacent to an activating group) is 1. The largest absolute Gasteiger partial charge is 0.320 e. The fraction of sp³-hybridized carbons (Fsp3) is 0.364. The minimum atomic E-state index is 0.806. The molecule has 0 bridgehead atoms. The second-order valence-corrected chi connectivity index (χ2v) is 7.45. The lowest BCUT2D eigenvalue weighted by molar-refractivity contribution is 0.351. The van der Waals surface area contributed by atoms with Gasteiger partial charge in [0.1, 0.15) is 5.82 Å². The molecule has 1 aliphatic heterocycles. The Morgan fingerprint density at radius 1 is 1.08 bits per heavy atom. The summed E-state index contributed by atoms with van der Waals surface area (Å²) >= 11 is 0. The number of allylic oxidation sites excluding steroid dienone is 1. The number of hydrogen-bond acceptors (Lipinski definition) is 3. The molecule has 0 saturated carbocycles. The Hall–Kier alpha value is -2.46. The fourth-order valence-electron chi connectivity index (χ4n) is 3.82. The van der Waals surface area contributed by atoms with Gasteiger partial charge in [-0.15, -0.1) is 0 Å². The summed E-state index contributed by atoms with van der Waals surface area (Å²) in [6.07, 6.45) is 8.27. The Balaban J connectivity index is 1.89. The number of aromatic nitrogens is 3.